The highest BCUT2D eigenvalue weighted by Crippen LogP contribution is 2.32. The Morgan fingerprint density at radius 3 is 2.64 bits per heavy atom. The average Bonchev–Trinajstić information content (AvgIpc) is 3.00. The number of aryl methyl sites for hydroxylation is 1. The minimum absolute atomic E-state index is 0.0558. The molecule has 204 valence electrons. The quantitative estimate of drug-likeness (QED) is 0.355. The van der Waals surface area contributed by atoms with Crippen molar-refractivity contribution in [1.82, 2.24) is 19.0 Å². The van der Waals surface area contributed by atoms with Crippen molar-refractivity contribution >= 4 is 17.0 Å². The van der Waals surface area contributed by atoms with Crippen LogP contribution in [-0.4, -0.2) is 37.3 Å². The fraction of sp³-hybridized carbons (Fsp3) is 0.345. The topological polar surface area (TPSA) is 78.6 Å². The number of carbonyl (C=O) groups is 1. The summed E-state index contributed by atoms with van der Waals surface area (Å²) < 4.78 is 41.7. The number of hydrogen-bond donors (Lipinski definition) is 0. The number of pyridine rings is 2. The van der Waals surface area contributed by atoms with Gasteiger partial charge in [0, 0.05) is 48.6 Å². The van der Waals surface area contributed by atoms with Gasteiger partial charge in [0.25, 0.3) is 5.56 Å². The zero-order valence-corrected chi connectivity index (χ0v) is 22.3. The molecule has 0 aliphatic carbocycles. The first-order valence-electron chi connectivity index (χ1n) is 12.7. The molecule has 3 aromatic heterocycles. The molecule has 1 aliphatic heterocycles. The van der Waals surface area contributed by atoms with Gasteiger partial charge in [0.15, 0.2) is 5.82 Å². The zero-order chi connectivity index (χ0) is 27.9. The number of amides is 1. The van der Waals surface area contributed by atoms with E-state index in [2.05, 4.69) is 9.55 Å². The maximum atomic E-state index is 13.8. The number of ether oxygens (including phenoxy) is 2. The van der Waals surface area contributed by atoms with Crippen molar-refractivity contribution in [3.63, 3.8) is 0 Å². The number of rotatable bonds is 4. The minimum Gasteiger partial charge on any atom is -0.487 e. The van der Waals surface area contributed by atoms with E-state index in [1.165, 1.54) is 10.6 Å². The Balaban J connectivity index is 1.40. The Morgan fingerprint density at radius 1 is 1.13 bits per heavy atom. The van der Waals surface area contributed by atoms with Crippen molar-refractivity contribution < 1.29 is 23.0 Å². The van der Waals surface area contributed by atoms with Crippen molar-refractivity contribution in [2.75, 3.05) is 6.54 Å². The summed E-state index contributed by atoms with van der Waals surface area (Å²) in [5.74, 6) is -1.34. The molecule has 4 heterocycles. The SMILES string of the molecule is Cn1c2c(c3ccc(-n4ccc(OCc5ncc(F)cc5F)cc4=O)cc31)CN(C(=O)OC(C)(C)C)CCC2. The lowest BCUT2D eigenvalue weighted by Gasteiger charge is -2.26. The van der Waals surface area contributed by atoms with Gasteiger partial charge in [-0.2, -0.15) is 0 Å². The molecule has 39 heavy (non-hydrogen) atoms. The molecule has 0 bridgehead atoms. The molecule has 10 heteroatoms. The Kier molecular flexibility index (Phi) is 6.88. The van der Waals surface area contributed by atoms with Crippen LogP contribution < -0.4 is 10.3 Å². The van der Waals surface area contributed by atoms with Gasteiger partial charge in [-0.05, 0) is 51.8 Å². The van der Waals surface area contributed by atoms with E-state index in [0.717, 1.165) is 47.3 Å². The molecule has 8 nitrogen and oxygen atoms in total. The summed E-state index contributed by atoms with van der Waals surface area (Å²) in [6.07, 6.45) is 3.82. The van der Waals surface area contributed by atoms with Gasteiger partial charge in [0.2, 0.25) is 0 Å². The predicted octanol–water partition coefficient (Wildman–Crippen LogP) is 5.26. The van der Waals surface area contributed by atoms with Gasteiger partial charge in [-0.3, -0.25) is 14.3 Å². The first kappa shape index (κ1) is 26.4. The number of fused-ring (bicyclic) bond motifs is 3. The number of nitrogens with zero attached hydrogens (tertiary/aromatic N) is 4. The third-order valence-electron chi connectivity index (χ3n) is 6.69. The van der Waals surface area contributed by atoms with E-state index in [0.29, 0.717) is 18.8 Å². The molecular weight excluding hydrogens is 506 g/mol. The third-order valence-corrected chi connectivity index (χ3v) is 6.69. The third kappa shape index (κ3) is 5.50. The molecule has 0 radical (unpaired) electrons. The van der Waals surface area contributed by atoms with E-state index in [9.17, 15) is 18.4 Å². The molecule has 0 unspecified atom stereocenters. The van der Waals surface area contributed by atoms with E-state index in [1.54, 1.807) is 17.2 Å². The Labute approximate surface area is 224 Å². The molecule has 0 spiro atoms. The Morgan fingerprint density at radius 2 is 1.92 bits per heavy atom. The van der Waals surface area contributed by atoms with Crippen LogP contribution in [0.4, 0.5) is 13.6 Å². The Bertz CT molecular complexity index is 1620. The number of benzene rings is 1. The molecule has 0 atom stereocenters. The van der Waals surface area contributed by atoms with Gasteiger partial charge >= 0.3 is 6.09 Å². The van der Waals surface area contributed by atoms with Crippen molar-refractivity contribution in [3.8, 4) is 11.4 Å². The largest absolute Gasteiger partial charge is 0.487 e. The van der Waals surface area contributed by atoms with Crippen molar-refractivity contribution in [3.05, 3.63) is 87.7 Å². The molecule has 4 aromatic rings. The van der Waals surface area contributed by atoms with Crippen LogP contribution in [0.2, 0.25) is 0 Å². The van der Waals surface area contributed by atoms with Gasteiger partial charge in [0.05, 0.1) is 23.9 Å². The number of aromatic nitrogens is 3. The fourth-order valence-corrected chi connectivity index (χ4v) is 4.86. The lowest BCUT2D eigenvalue weighted by molar-refractivity contribution is 0.0237. The summed E-state index contributed by atoms with van der Waals surface area (Å²) in [6.45, 7) is 6.41. The van der Waals surface area contributed by atoms with Crippen molar-refractivity contribution in [2.45, 2.75) is 52.4 Å². The highest BCUT2D eigenvalue weighted by atomic mass is 19.1. The van der Waals surface area contributed by atoms with Crippen LogP contribution in [-0.2, 0) is 31.4 Å². The van der Waals surface area contributed by atoms with Gasteiger partial charge in [-0.15, -0.1) is 0 Å². The molecule has 0 saturated carbocycles. The highest BCUT2D eigenvalue weighted by molar-refractivity contribution is 5.88. The molecule has 0 saturated heterocycles. The Hall–Kier alpha value is -4.21. The van der Waals surface area contributed by atoms with Crippen molar-refractivity contribution in [1.29, 1.82) is 0 Å². The summed E-state index contributed by atoms with van der Waals surface area (Å²) in [5, 5.41) is 1.02. The summed E-state index contributed by atoms with van der Waals surface area (Å²) in [7, 11) is 2.00. The smallest absolute Gasteiger partial charge is 0.410 e. The average molecular weight is 537 g/mol. The predicted molar refractivity (Wildman–Crippen MR) is 142 cm³/mol. The van der Waals surface area contributed by atoms with Gasteiger partial charge in [-0.25, -0.2) is 13.6 Å². The second kappa shape index (κ2) is 10.2. The molecule has 1 aromatic carbocycles. The van der Waals surface area contributed by atoms with Gasteiger partial charge < -0.3 is 18.9 Å². The first-order chi connectivity index (χ1) is 18.5. The van der Waals surface area contributed by atoms with Gasteiger partial charge in [-0.1, -0.05) is 6.07 Å². The summed E-state index contributed by atoms with van der Waals surface area (Å²) in [5.41, 5.74) is 2.91. The molecule has 0 N–H and O–H groups in total. The summed E-state index contributed by atoms with van der Waals surface area (Å²) in [4.78, 5) is 31.2. The first-order valence-corrected chi connectivity index (χ1v) is 12.7. The fourth-order valence-electron chi connectivity index (χ4n) is 4.86. The van der Waals surface area contributed by atoms with Crippen LogP contribution in [0.25, 0.3) is 16.6 Å². The standard InChI is InChI=1S/C29H30F2N4O4/c1-29(2,3)39-28(37)34-10-5-6-25-22(16-34)21-8-7-19(13-26(21)33(25)4)35-11-9-20(14-27(35)36)38-17-24-23(31)12-18(30)15-32-24/h7-9,11-15H,5-6,10,16-17H2,1-4H3. The van der Waals surface area contributed by atoms with Crippen LogP contribution in [0.15, 0.2) is 53.6 Å². The second-order valence-electron chi connectivity index (χ2n) is 10.6. The van der Waals surface area contributed by atoms with Crippen LogP contribution >= 0.6 is 0 Å². The lowest BCUT2D eigenvalue weighted by Crippen LogP contribution is -2.36. The second-order valence-corrected chi connectivity index (χ2v) is 10.6. The molecule has 1 aliphatic rings. The number of carbonyl (C=O) groups excluding carboxylic acids is 1. The van der Waals surface area contributed by atoms with Crippen LogP contribution in [0.1, 0.15) is 44.1 Å². The normalized spacial score (nSPS) is 13.7. The molecule has 0 fully saturated rings. The monoisotopic (exact) mass is 536 g/mol. The molecular formula is C29H30F2N4O4. The highest BCUT2D eigenvalue weighted by Gasteiger charge is 2.27. The van der Waals surface area contributed by atoms with E-state index in [-0.39, 0.29) is 29.7 Å². The van der Waals surface area contributed by atoms with Crippen LogP contribution in [0, 0.1) is 11.6 Å². The molecule has 1 amide bonds. The summed E-state index contributed by atoms with van der Waals surface area (Å²) in [6, 6.07) is 9.43. The molecule has 5 rings (SSSR count). The number of halogens is 2. The number of hydrogen-bond acceptors (Lipinski definition) is 5. The summed E-state index contributed by atoms with van der Waals surface area (Å²) >= 11 is 0. The van der Waals surface area contributed by atoms with E-state index >= 15 is 0 Å². The van der Waals surface area contributed by atoms with Gasteiger partial charge in [0.1, 0.15) is 29.5 Å². The maximum Gasteiger partial charge on any atom is 0.410 e. The lowest BCUT2D eigenvalue weighted by atomic mass is 10.1. The van der Waals surface area contributed by atoms with Crippen molar-refractivity contribution in [2.24, 2.45) is 7.05 Å². The van der Waals surface area contributed by atoms with E-state index in [4.69, 9.17) is 9.47 Å². The van der Waals surface area contributed by atoms with E-state index in [1.807, 2.05) is 46.0 Å². The maximum absolute atomic E-state index is 13.8. The van der Waals surface area contributed by atoms with Crippen LogP contribution in [0.3, 0.4) is 0 Å². The van der Waals surface area contributed by atoms with Crippen LogP contribution in [0.5, 0.6) is 5.75 Å². The minimum atomic E-state index is -0.813. The zero-order valence-electron chi connectivity index (χ0n) is 22.3. The van der Waals surface area contributed by atoms with E-state index < -0.39 is 17.2 Å².